The minimum absolute atomic E-state index is 0.613. The second-order valence-electron chi connectivity index (χ2n) is 3.06. The third-order valence-corrected chi connectivity index (χ3v) is 2.15. The fraction of sp³-hybridized carbons (Fsp3) is 0.200. The maximum absolute atomic E-state index is 5.57. The molecule has 0 atom stereocenters. The number of nitrogens with two attached hydrogens (primary N) is 1. The normalized spacial score (nSPS) is 10.8. The van der Waals surface area contributed by atoms with Crippen molar-refractivity contribution in [2.75, 3.05) is 0 Å². The van der Waals surface area contributed by atoms with Crippen LogP contribution in [0, 0.1) is 6.92 Å². The Balaban J connectivity index is 2.75. The first-order chi connectivity index (χ1) is 5.81. The van der Waals surface area contributed by atoms with Gasteiger partial charge in [0.05, 0.1) is 0 Å². The van der Waals surface area contributed by atoms with Gasteiger partial charge in [0.2, 0.25) is 0 Å². The number of hydrogen-bond acceptors (Lipinski definition) is 1. The van der Waals surface area contributed by atoms with Crippen LogP contribution in [0.2, 0.25) is 0 Å². The number of H-pyrrole nitrogens is 1. The fourth-order valence-corrected chi connectivity index (χ4v) is 1.55. The number of aromatic amines is 1. The lowest BCUT2D eigenvalue weighted by molar-refractivity contribution is 1.07. The van der Waals surface area contributed by atoms with E-state index in [2.05, 4.69) is 30.1 Å². The maximum atomic E-state index is 5.57. The molecule has 3 N–H and O–H groups in total. The number of aryl methyl sites for hydroxylation is 1. The number of rotatable bonds is 1. The van der Waals surface area contributed by atoms with Gasteiger partial charge in [-0.2, -0.15) is 0 Å². The zero-order chi connectivity index (χ0) is 8.55. The van der Waals surface area contributed by atoms with Crippen LogP contribution in [0.15, 0.2) is 24.4 Å². The predicted molar refractivity (Wildman–Crippen MR) is 50.9 cm³/mol. The van der Waals surface area contributed by atoms with Crippen LogP contribution in [-0.4, -0.2) is 4.98 Å². The standard InChI is InChI=1S/C10H12N2/c1-7-4-8(6-11)5-9-2-3-12-10(7)9/h2-5,12H,6,11H2,1H3. The largest absolute Gasteiger partial charge is 0.361 e. The molecular formula is C10H12N2. The molecule has 2 aromatic rings. The lowest BCUT2D eigenvalue weighted by Crippen LogP contribution is -1.96. The molecule has 0 radical (unpaired) electrons. The van der Waals surface area contributed by atoms with Crippen LogP contribution in [0.4, 0.5) is 0 Å². The molecule has 2 rings (SSSR count). The van der Waals surface area contributed by atoms with Gasteiger partial charge in [-0.3, -0.25) is 0 Å². The van der Waals surface area contributed by atoms with Gasteiger partial charge < -0.3 is 10.7 Å². The Labute approximate surface area is 71.4 Å². The van der Waals surface area contributed by atoms with Crippen LogP contribution >= 0.6 is 0 Å². The third kappa shape index (κ3) is 1.01. The van der Waals surface area contributed by atoms with Crippen molar-refractivity contribution in [1.29, 1.82) is 0 Å². The van der Waals surface area contributed by atoms with E-state index in [1.165, 1.54) is 22.0 Å². The monoisotopic (exact) mass is 160 g/mol. The van der Waals surface area contributed by atoms with Crippen molar-refractivity contribution in [3.05, 3.63) is 35.5 Å². The molecule has 12 heavy (non-hydrogen) atoms. The summed E-state index contributed by atoms with van der Waals surface area (Å²) in [6.07, 6.45) is 1.96. The van der Waals surface area contributed by atoms with E-state index in [-0.39, 0.29) is 0 Å². The van der Waals surface area contributed by atoms with Gasteiger partial charge in [0.25, 0.3) is 0 Å². The molecule has 0 unspecified atom stereocenters. The molecule has 1 heterocycles. The highest BCUT2D eigenvalue weighted by atomic mass is 14.7. The zero-order valence-electron chi connectivity index (χ0n) is 7.09. The van der Waals surface area contributed by atoms with Crippen molar-refractivity contribution in [2.24, 2.45) is 5.73 Å². The van der Waals surface area contributed by atoms with Crippen LogP contribution in [0.25, 0.3) is 10.9 Å². The minimum Gasteiger partial charge on any atom is -0.361 e. The molecular weight excluding hydrogens is 148 g/mol. The predicted octanol–water partition coefficient (Wildman–Crippen LogP) is 1.94. The van der Waals surface area contributed by atoms with Gasteiger partial charge >= 0.3 is 0 Å². The highest BCUT2D eigenvalue weighted by molar-refractivity contribution is 5.83. The van der Waals surface area contributed by atoms with Gasteiger partial charge in [-0.05, 0) is 35.6 Å². The topological polar surface area (TPSA) is 41.8 Å². The molecule has 2 nitrogen and oxygen atoms in total. The van der Waals surface area contributed by atoms with Crippen molar-refractivity contribution < 1.29 is 0 Å². The molecule has 0 spiro atoms. The van der Waals surface area contributed by atoms with Gasteiger partial charge in [0.15, 0.2) is 0 Å². The first-order valence-corrected chi connectivity index (χ1v) is 4.08. The minimum atomic E-state index is 0.613. The molecule has 0 aliphatic carbocycles. The maximum Gasteiger partial charge on any atom is 0.0483 e. The molecule has 1 aromatic heterocycles. The summed E-state index contributed by atoms with van der Waals surface area (Å²) in [4.78, 5) is 3.20. The Kier molecular flexibility index (Phi) is 1.62. The first-order valence-electron chi connectivity index (χ1n) is 4.08. The van der Waals surface area contributed by atoms with Crippen LogP contribution < -0.4 is 5.73 Å². The molecule has 2 heteroatoms. The molecule has 0 saturated heterocycles. The van der Waals surface area contributed by atoms with Gasteiger partial charge in [-0.1, -0.05) is 6.07 Å². The summed E-state index contributed by atoms with van der Waals surface area (Å²) in [5.41, 5.74) is 9.24. The van der Waals surface area contributed by atoms with Crippen LogP contribution in [0.1, 0.15) is 11.1 Å². The van der Waals surface area contributed by atoms with E-state index in [0.29, 0.717) is 6.54 Å². The molecule has 0 aliphatic rings. The number of nitrogens with one attached hydrogen (secondary N) is 1. The van der Waals surface area contributed by atoms with Crippen molar-refractivity contribution in [3.63, 3.8) is 0 Å². The van der Waals surface area contributed by atoms with E-state index >= 15 is 0 Å². The van der Waals surface area contributed by atoms with E-state index < -0.39 is 0 Å². The Morgan fingerprint density at radius 3 is 3.00 bits per heavy atom. The second-order valence-corrected chi connectivity index (χ2v) is 3.06. The summed E-state index contributed by atoms with van der Waals surface area (Å²) in [7, 11) is 0. The highest BCUT2D eigenvalue weighted by Gasteiger charge is 1.99. The molecule has 62 valence electrons. The first kappa shape index (κ1) is 7.37. The third-order valence-electron chi connectivity index (χ3n) is 2.15. The van der Waals surface area contributed by atoms with Crippen LogP contribution in [0.3, 0.4) is 0 Å². The van der Waals surface area contributed by atoms with Gasteiger partial charge in [0.1, 0.15) is 0 Å². The van der Waals surface area contributed by atoms with E-state index in [4.69, 9.17) is 5.73 Å². The SMILES string of the molecule is Cc1cc(CN)cc2cc[nH]c12. The van der Waals surface area contributed by atoms with E-state index in [0.717, 1.165) is 0 Å². The summed E-state index contributed by atoms with van der Waals surface area (Å²) < 4.78 is 0. The second kappa shape index (κ2) is 2.64. The molecule has 1 aromatic carbocycles. The molecule has 0 aliphatic heterocycles. The Morgan fingerprint density at radius 2 is 2.25 bits per heavy atom. The van der Waals surface area contributed by atoms with Crippen molar-refractivity contribution in [3.8, 4) is 0 Å². The van der Waals surface area contributed by atoms with Crippen LogP contribution in [-0.2, 0) is 6.54 Å². The molecule has 0 fully saturated rings. The Morgan fingerprint density at radius 1 is 1.42 bits per heavy atom. The molecule has 0 amide bonds. The Hall–Kier alpha value is -1.28. The van der Waals surface area contributed by atoms with Crippen molar-refractivity contribution in [1.82, 2.24) is 4.98 Å². The average Bonchev–Trinajstić information content (AvgIpc) is 2.52. The summed E-state index contributed by atoms with van der Waals surface area (Å²) in [5.74, 6) is 0. The summed E-state index contributed by atoms with van der Waals surface area (Å²) >= 11 is 0. The molecule has 0 saturated carbocycles. The molecule has 0 bridgehead atoms. The average molecular weight is 160 g/mol. The summed E-state index contributed by atoms with van der Waals surface area (Å²) in [6, 6.07) is 6.32. The summed E-state index contributed by atoms with van der Waals surface area (Å²) in [5, 5.41) is 1.25. The van der Waals surface area contributed by atoms with Gasteiger partial charge in [-0.25, -0.2) is 0 Å². The van der Waals surface area contributed by atoms with Crippen molar-refractivity contribution >= 4 is 10.9 Å². The van der Waals surface area contributed by atoms with Gasteiger partial charge in [-0.15, -0.1) is 0 Å². The number of benzene rings is 1. The quantitative estimate of drug-likeness (QED) is 0.657. The van der Waals surface area contributed by atoms with Gasteiger partial charge in [0, 0.05) is 18.3 Å². The number of fused-ring (bicyclic) bond motifs is 1. The number of hydrogen-bond donors (Lipinski definition) is 2. The zero-order valence-corrected chi connectivity index (χ0v) is 7.09. The van der Waals surface area contributed by atoms with Crippen LogP contribution in [0.5, 0.6) is 0 Å². The fourth-order valence-electron chi connectivity index (χ4n) is 1.55. The summed E-state index contributed by atoms with van der Waals surface area (Å²) in [6.45, 7) is 2.71. The van der Waals surface area contributed by atoms with Crippen molar-refractivity contribution in [2.45, 2.75) is 13.5 Å². The highest BCUT2D eigenvalue weighted by Crippen LogP contribution is 2.18. The lowest BCUT2D eigenvalue weighted by atomic mass is 10.1. The van der Waals surface area contributed by atoms with E-state index in [1.807, 2.05) is 6.20 Å². The Bertz CT molecular complexity index is 401. The van der Waals surface area contributed by atoms with E-state index in [9.17, 15) is 0 Å². The number of aromatic nitrogens is 1. The lowest BCUT2D eigenvalue weighted by Gasteiger charge is -2.00. The smallest absolute Gasteiger partial charge is 0.0483 e. The van der Waals surface area contributed by atoms with E-state index in [1.54, 1.807) is 0 Å².